The summed E-state index contributed by atoms with van der Waals surface area (Å²) < 4.78 is 11.1. The van der Waals surface area contributed by atoms with Gasteiger partial charge < -0.3 is 15.2 Å². The van der Waals surface area contributed by atoms with Crippen LogP contribution in [0.15, 0.2) is 18.2 Å². The minimum Gasteiger partial charge on any atom is -0.496 e. The Morgan fingerprint density at radius 3 is 2.95 bits per heavy atom. The molecule has 1 aromatic rings. The van der Waals surface area contributed by atoms with E-state index in [1.54, 1.807) is 7.11 Å². The fourth-order valence-corrected chi connectivity index (χ4v) is 2.49. The van der Waals surface area contributed by atoms with E-state index in [0.717, 1.165) is 25.4 Å². The zero-order valence-electron chi connectivity index (χ0n) is 12.1. The molecule has 0 aliphatic carbocycles. The Morgan fingerprint density at radius 1 is 1.47 bits per heavy atom. The van der Waals surface area contributed by atoms with Crippen LogP contribution in [0.2, 0.25) is 0 Å². The van der Waals surface area contributed by atoms with Gasteiger partial charge in [0.15, 0.2) is 0 Å². The van der Waals surface area contributed by atoms with Gasteiger partial charge in [-0.05, 0) is 19.9 Å². The number of benzene rings is 1. The van der Waals surface area contributed by atoms with Crippen LogP contribution >= 0.6 is 0 Å². The fourth-order valence-electron chi connectivity index (χ4n) is 2.49. The fraction of sp³-hybridized carbons (Fsp3) is 0.600. The summed E-state index contributed by atoms with van der Waals surface area (Å²) in [4.78, 5) is 2.42. The highest BCUT2D eigenvalue weighted by Crippen LogP contribution is 2.23. The Hall–Kier alpha value is -1.10. The first-order valence-corrected chi connectivity index (χ1v) is 6.83. The zero-order chi connectivity index (χ0) is 13.8. The van der Waals surface area contributed by atoms with E-state index in [-0.39, 0.29) is 6.10 Å². The molecule has 1 aliphatic rings. The minimum absolute atomic E-state index is 0.145. The van der Waals surface area contributed by atoms with E-state index in [1.807, 2.05) is 6.07 Å². The van der Waals surface area contributed by atoms with Gasteiger partial charge in [0, 0.05) is 31.2 Å². The molecule has 0 radical (unpaired) electrons. The van der Waals surface area contributed by atoms with Gasteiger partial charge in [-0.15, -0.1) is 0 Å². The number of ether oxygens (including phenoxy) is 2. The molecule has 2 unspecified atom stereocenters. The van der Waals surface area contributed by atoms with E-state index in [4.69, 9.17) is 15.2 Å². The summed E-state index contributed by atoms with van der Waals surface area (Å²) in [5.41, 5.74) is 8.19. The summed E-state index contributed by atoms with van der Waals surface area (Å²) >= 11 is 0. The van der Waals surface area contributed by atoms with Crippen LogP contribution in [0.5, 0.6) is 5.75 Å². The molecule has 2 rings (SSSR count). The summed E-state index contributed by atoms with van der Waals surface area (Å²) in [6, 6.07) is 6.72. The molecule has 1 heterocycles. The SMILES string of the molecule is COc1ccc(C)cc1CN1CC(CN)OCC1C. The van der Waals surface area contributed by atoms with E-state index in [1.165, 1.54) is 11.1 Å². The zero-order valence-corrected chi connectivity index (χ0v) is 12.1. The number of nitrogens with zero attached hydrogens (tertiary/aromatic N) is 1. The topological polar surface area (TPSA) is 47.7 Å². The monoisotopic (exact) mass is 264 g/mol. The number of nitrogens with two attached hydrogens (primary N) is 1. The molecule has 2 atom stereocenters. The summed E-state index contributed by atoms with van der Waals surface area (Å²) in [6.07, 6.45) is 0.145. The van der Waals surface area contributed by atoms with Gasteiger partial charge in [-0.1, -0.05) is 17.7 Å². The molecule has 4 nitrogen and oxygen atoms in total. The molecule has 1 saturated heterocycles. The van der Waals surface area contributed by atoms with Crippen molar-refractivity contribution in [3.8, 4) is 5.75 Å². The quantitative estimate of drug-likeness (QED) is 0.896. The van der Waals surface area contributed by atoms with Crippen LogP contribution < -0.4 is 10.5 Å². The minimum atomic E-state index is 0.145. The van der Waals surface area contributed by atoms with Crippen LogP contribution in [0, 0.1) is 6.92 Å². The van der Waals surface area contributed by atoms with Crippen LogP contribution in [0.1, 0.15) is 18.1 Å². The van der Waals surface area contributed by atoms with E-state index in [2.05, 4.69) is 30.9 Å². The average molecular weight is 264 g/mol. The lowest BCUT2D eigenvalue weighted by Gasteiger charge is -2.37. The molecule has 0 bridgehead atoms. The van der Waals surface area contributed by atoms with Crippen molar-refractivity contribution in [1.29, 1.82) is 0 Å². The number of morpholine rings is 1. The lowest BCUT2D eigenvalue weighted by atomic mass is 10.1. The molecular formula is C15H24N2O2. The van der Waals surface area contributed by atoms with Crippen LogP contribution in [-0.2, 0) is 11.3 Å². The Kier molecular flexibility index (Phi) is 4.80. The molecular weight excluding hydrogens is 240 g/mol. The second-order valence-electron chi connectivity index (χ2n) is 5.28. The molecule has 1 aromatic carbocycles. The number of methoxy groups -OCH3 is 1. The maximum Gasteiger partial charge on any atom is 0.123 e. The van der Waals surface area contributed by atoms with Gasteiger partial charge in [0.2, 0.25) is 0 Å². The molecule has 1 fully saturated rings. The van der Waals surface area contributed by atoms with E-state index >= 15 is 0 Å². The van der Waals surface area contributed by atoms with Crippen molar-refractivity contribution in [1.82, 2.24) is 4.90 Å². The van der Waals surface area contributed by atoms with Crippen molar-refractivity contribution in [2.75, 3.05) is 26.8 Å². The highest BCUT2D eigenvalue weighted by Gasteiger charge is 2.25. The van der Waals surface area contributed by atoms with Gasteiger partial charge >= 0.3 is 0 Å². The van der Waals surface area contributed by atoms with Crippen molar-refractivity contribution < 1.29 is 9.47 Å². The maximum atomic E-state index is 5.71. The Morgan fingerprint density at radius 2 is 2.26 bits per heavy atom. The maximum absolute atomic E-state index is 5.71. The Labute approximate surface area is 115 Å². The normalized spacial score (nSPS) is 24.4. The first-order chi connectivity index (χ1) is 9.13. The number of aryl methyl sites for hydroxylation is 1. The van der Waals surface area contributed by atoms with Crippen molar-refractivity contribution in [3.05, 3.63) is 29.3 Å². The number of hydrogen-bond donors (Lipinski definition) is 1. The first kappa shape index (κ1) is 14.3. The lowest BCUT2D eigenvalue weighted by Crippen LogP contribution is -2.50. The Bertz CT molecular complexity index is 423. The third-order valence-corrected chi connectivity index (χ3v) is 3.71. The molecule has 1 aliphatic heterocycles. The summed E-state index contributed by atoms with van der Waals surface area (Å²) in [5, 5.41) is 0. The predicted octanol–water partition coefficient (Wildman–Crippen LogP) is 1.55. The molecule has 4 heteroatoms. The predicted molar refractivity (Wildman–Crippen MR) is 76.4 cm³/mol. The van der Waals surface area contributed by atoms with Crippen LogP contribution in [-0.4, -0.2) is 43.9 Å². The second kappa shape index (κ2) is 6.37. The summed E-state index contributed by atoms with van der Waals surface area (Å²) in [6.45, 7) is 7.38. The highest BCUT2D eigenvalue weighted by molar-refractivity contribution is 5.36. The van der Waals surface area contributed by atoms with Gasteiger partial charge in [0.25, 0.3) is 0 Å². The van der Waals surface area contributed by atoms with Crippen LogP contribution in [0.25, 0.3) is 0 Å². The van der Waals surface area contributed by atoms with E-state index < -0.39 is 0 Å². The molecule has 106 valence electrons. The molecule has 0 spiro atoms. The van der Waals surface area contributed by atoms with Crippen molar-refractivity contribution in [2.45, 2.75) is 32.5 Å². The van der Waals surface area contributed by atoms with Crippen molar-refractivity contribution >= 4 is 0 Å². The van der Waals surface area contributed by atoms with Gasteiger partial charge in [0.1, 0.15) is 5.75 Å². The molecule has 0 aromatic heterocycles. The molecule has 0 saturated carbocycles. The van der Waals surface area contributed by atoms with Crippen molar-refractivity contribution in [2.24, 2.45) is 5.73 Å². The van der Waals surface area contributed by atoms with E-state index in [0.29, 0.717) is 12.6 Å². The third kappa shape index (κ3) is 3.47. The van der Waals surface area contributed by atoms with Crippen LogP contribution in [0.4, 0.5) is 0 Å². The van der Waals surface area contributed by atoms with Gasteiger partial charge in [0.05, 0.1) is 19.8 Å². The number of rotatable bonds is 4. The number of hydrogen-bond acceptors (Lipinski definition) is 4. The highest BCUT2D eigenvalue weighted by atomic mass is 16.5. The molecule has 2 N–H and O–H groups in total. The molecule has 0 amide bonds. The standard InChI is InChI=1S/C15H24N2O2/c1-11-4-5-15(18-3)13(6-11)8-17-9-14(7-16)19-10-12(17)2/h4-6,12,14H,7-10,16H2,1-3H3. The van der Waals surface area contributed by atoms with E-state index in [9.17, 15) is 0 Å². The molecule has 19 heavy (non-hydrogen) atoms. The lowest BCUT2D eigenvalue weighted by molar-refractivity contribution is -0.0569. The van der Waals surface area contributed by atoms with Gasteiger partial charge in [-0.2, -0.15) is 0 Å². The summed E-state index contributed by atoms with van der Waals surface area (Å²) in [7, 11) is 1.72. The second-order valence-corrected chi connectivity index (χ2v) is 5.28. The smallest absolute Gasteiger partial charge is 0.123 e. The van der Waals surface area contributed by atoms with Gasteiger partial charge in [-0.3, -0.25) is 4.90 Å². The largest absolute Gasteiger partial charge is 0.496 e. The summed E-state index contributed by atoms with van der Waals surface area (Å²) in [5.74, 6) is 0.952. The van der Waals surface area contributed by atoms with Crippen LogP contribution in [0.3, 0.4) is 0 Å². The first-order valence-electron chi connectivity index (χ1n) is 6.83. The third-order valence-electron chi connectivity index (χ3n) is 3.71. The Balaban J connectivity index is 2.12. The van der Waals surface area contributed by atoms with Gasteiger partial charge in [-0.25, -0.2) is 0 Å². The van der Waals surface area contributed by atoms with Crippen molar-refractivity contribution in [3.63, 3.8) is 0 Å². The average Bonchev–Trinajstić information content (AvgIpc) is 2.41.